The highest BCUT2D eigenvalue weighted by atomic mass is 35.5. The van der Waals surface area contributed by atoms with Gasteiger partial charge in [-0.25, -0.2) is 9.59 Å². The number of carboxylic acids is 2. The first kappa shape index (κ1) is 28.4. The lowest BCUT2D eigenvalue weighted by molar-refractivity contribution is -0.141. The van der Waals surface area contributed by atoms with E-state index >= 15 is 0 Å². The standard InChI is InChI=1S/C24H25Cl2N3O8/c1-29-7-16(15-5-14(25)6-18(26)17(15)8-29)11-2-12(21(32)27-19(9-30)23(34)35)4-13(3-11)22(33)28-20(10-31)24(36)37/h2-6,16,19-20,30-31H,7-10H2,1H3,(H,27,32)(H,28,33)(H,34,35)(H,36,37)/t16?,19-,20?/m0/s1. The number of hydrogen-bond donors (Lipinski definition) is 6. The Labute approximate surface area is 221 Å². The number of carbonyl (C=O) groups is 4. The Balaban J connectivity index is 2.12. The second-order valence-corrected chi connectivity index (χ2v) is 9.49. The Morgan fingerprint density at radius 3 is 1.89 bits per heavy atom. The van der Waals surface area contributed by atoms with Crippen molar-refractivity contribution in [2.45, 2.75) is 24.5 Å². The molecule has 2 aromatic carbocycles. The van der Waals surface area contributed by atoms with E-state index in [9.17, 15) is 39.6 Å². The number of rotatable bonds is 9. The average Bonchev–Trinajstić information content (AvgIpc) is 2.84. The SMILES string of the molecule is CN1Cc2c(Cl)cc(Cl)cc2C(c2cc(C(=O)NC(CO)C(=O)O)cc(C(=O)N[C@@H](CO)C(=O)O)c2)C1. The molecule has 2 unspecified atom stereocenters. The van der Waals surface area contributed by atoms with Crippen LogP contribution in [0.1, 0.15) is 43.3 Å². The van der Waals surface area contributed by atoms with Gasteiger partial charge in [0, 0.05) is 40.2 Å². The summed E-state index contributed by atoms with van der Waals surface area (Å²) in [5.41, 5.74) is 1.87. The number of carbonyl (C=O) groups excluding carboxylic acids is 2. The van der Waals surface area contributed by atoms with Crippen molar-refractivity contribution in [2.75, 3.05) is 26.8 Å². The summed E-state index contributed by atoms with van der Waals surface area (Å²) in [5.74, 6) is -5.07. The predicted octanol–water partition coefficient (Wildman–Crippen LogP) is 0.921. The summed E-state index contributed by atoms with van der Waals surface area (Å²) in [4.78, 5) is 50.4. The maximum Gasteiger partial charge on any atom is 0.328 e. The molecule has 198 valence electrons. The molecule has 0 radical (unpaired) electrons. The molecule has 2 amide bonds. The normalized spacial score (nSPS) is 16.8. The van der Waals surface area contributed by atoms with Crippen molar-refractivity contribution in [1.29, 1.82) is 0 Å². The fourth-order valence-corrected chi connectivity index (χ4v) is 4.67. The summed E-state index contributed by atoms with van der Waals surface area (Å²) in [6.07, 6.45) is 0. The van der Waals surface area contributed by atoms with Gasteiger partial charge < -0.3 is 36.0 Å². The fourth-order valence-electron chi connectivity index (χ4n) is 4.10. The van der Waals surface area contributed by atoms with Gasteiger partial charge in [0.2, 0.25) is 0 Å². The summed E-state index contributed by atoms with van der Waals surface area (Å²) >= 11 is 12.7. The number of likely N-dealkylation sites (N-methyl/N-ethyl adjacent to an activating group) is 1. The van der Waals surface area contributed by atoms with Gasteiger partial charge in [-0.1, -0.05) is 23.2 Å². The molecular weight excluding hydrogens is 529 g/mol. The van der Waals surface area contributed by atoms with E-state index in [1.54, 1.807) is 12.1 Å². The van der Waals surface area contributed by atoms with Gasteiger partial charge >= 0.3 is 11.9 Å². The molecule has 13 heteroatoms. The Kier molecular flexibility index (Phi) is 9.11. The Bertz CT molecular complexity index is 1180. The van der Waals surface area contributed by atoms with E-state index in [0.717, 1.165) is 11.1 Å². The first-order chi connectivity index (χ1) is 17.4. The van der Waals surface area contributed by atoms with Crippen molar-refractivity contribution in [3.8, 4) is 0 Å². The van der Waals surface area contributed by atoms with E-state index in [1.165, 1.54) is 18.2 Å². The van der Waals surface area contributed by atoms with Crippen molar-refractivity contribution in [2.24, 2.45) is 0 Å². The molecule has 11 nitrogen and oxygen atoms in total. The van der Waals surface area contributed by atoms with Crippen LogP contribution in [-0.2, 0) is 16.1 Å². The highest BCUT2D eigenvalue weighted by Crippen LogP contribution is 2.39. The molecule has 0 aromatic heterocycles. The molecule has 0 saturated heterocycles. The number of aliphatic carboxylic acids is 2. The lowest BCUT2D eigenvalue weighted by Gasteiger charge is -2.33. The molecule has 1 aliphatic heterocycles. The van der Waals surface area contributed by atoms with E-state index in [0.29, 0.717) is 28.7 Å². The predicted molar refractivity (Wildman–Crippen MR) is 133 cm³/mol. The van der Waals surface area contributed by atoms with Crippen LogP contribution >= 0.6 is 23.2 Å². The number of nitrogens with one attached hydrogen (secondary N) is 2. The van der Waals surface area contributed by atoms with Crippen molar-refractivity contribution in [3.63, 3.8) is 0 Å². The lowest BCUT2D eigenvalue weighted by Crippen LogP contribution is -2.44. The van der Waals surface area contributed by atoms with Crippen LogP contribution in [0.4, 0.5) is 0 Å². The summed E-state index contributed by atoms with van der Waals surface area (Å²) in [6.45, 7) is -0.729. The molecule has 0 aliphatic carbocycles. The minimum atomic E-state index is -1.58. The third kappa shape index (κ3) is 6.56. The summed E-state index contributed by atoms with van der Waals surface area (Å²) < 4.78 is 0. The second-order valence-electron chi connectivity index (χ2n) is 8.64. The Morgan fingerprint density at radius 1 is 0.919 bits per heavy atom. The zero-order chi connectivity index (χ0) is 27.4. The van der Waals surface area contributed by atoms with Crippen LogP contribution in [0, 0.1) is 0 Å². The van der Waals surface area contributed by atoms with Crippen LogP contribution in [0.3, 0.4) is 0 Å². The summed E-state index contributed by atoms with van der Waals surface area (Å²) in [7, 11) is 1.86. The number of halogens is 2. The first-order valence-electron chi connectivity index (χ1n) is 11.1. The smallest absolute Gasteiger partial charge is 0.328 e. The van der Waals surface area contributed by atoms with Gasteiger partial charge in [-0.2, -0.15) is 0 Å². The minimum Gasteiger partial charge on any atom is -0.480 e. The number of aliphatic hydroxyl groups excluding tert-OH is 2. The average molecular weight is 554 g/mol. The number of hydrogen-bond acceptors (Lipinski definition) is 7. The van der Waals surface area contributed by atoms with Gasteiger partial charge in [-0.3, -0.25) is 9.59 Å². The lowest BCUT2D eigenvalue weighted by atomic mass is 9.83. The summed E-state index contributed by atoms with van der Waals surface area (Å²) in [5, 5.41) is 42.2. The molecule has 1 heterocycles. The number of benzene rings is 2. The molecule has 0 bridgehead atoms. The molecule has 1 aliphatic rings. The number of amides is 2. The molecule has 0 spiro atoms. The van der Waals surface area contributed by atoms with Crippen LogP contribution in [-0.4, -0.2) is 88.0 Å². The van der Waals surface area contributed by atoms with Gasteiger partial charge in [-0.05, 0) is 54.1 Å². The number of carboxylic acid groups (broad SMARTS) is 2. The quantitative estimate of drug-likeness (QED) is 0.263. The largest absolute Gasteiger partial charge is 0.480 e. The topological polar surface area (TPSA) is 176 Å². The number of fused-ring (bicyclic) bond motifs is 1. The van der Waals surface area contributed by atoms with E-state index in [1.807, 2.05) is 11.9 Å². The number of nitrogens with zero attached hydrogens (tertiary/aromatic N) is 1. The van der Waals surface area contributed by atoms with E-state index in [2.05, 4.69) is 10.6 Å². The van der Waals surface area contributed by atoms with E-state index in [4.69, 9.17) is 23.2 Å². The van der Waals surface area contributed by atoms with Gasteiger partial charge in [0.1, 0.15) is 0 Å². The molecule has 0 fully saturated rings. The van der Waals surface area contributed by atoms with Gasteiger partial charge in [0.05, 0.1) is 13.2 Å². The second kappa shape index (κ2) is 11.9. The van der Waals surface area contributed by atoms with Crippen molar-refractivity contribution < 1.29 is 39.6 Å². The third-order valence-corrected chi connectivity index (χ3v) is 6.50. The van der Waals surface area contributed by atoms with Crippen LogP contribution in [0.15, 0.2) is 30.3 Å². The third-order valence-electron chi connectivity index (χ3n) is 5.95. The van der Waals surface area contributed by atoms with Gasteiger partial charge in [0.15, 0.2) is 12.1 Å². The molecule has 0 saturated carbocycles. The van der Waals surface area contributed by atoms with Gasteiger partial charge in [0.25, 0.3) is 11.8 Å². The van der Waals surface area contributed by atoms with Crippen molar-refractivity contribution in [1.82, 2.24) is 15.5 Å². The highest BCUT2D eigenvalue weighted by Gasteiger charge is 2.30. The monoisotopic (exact) mass is 553 g/mol. The first-order valence-corrected chi connectivity index (χ1v) is 11.8. The maximum atomic E-state index is 12.9. The minimum absolute atomic E-state index is 0.0962. The van der Waals surface area contributed by atoms with Crippen LogP contribution in [0.25, 0.3) is 0 Å². The van der Waals surface area contributed by atoms with Crippen LogP contribution < -0.4 is 10.6 Å². The molecular formula is C24H25Cl2N3O8. The van der Waals surface area contributed by atoms with E-state index in [-0.39, 0.29) is 11.1 Å². The molecule has 37 heavy (non-hydrogen) atoms. The maximum absolute atomic E-state index is 12.9. The molecule has 6 N–H and O–H groups in total. The zero-order valence-corrected chi connectivity index (χ0v) is 21.1. The highest BCUT2D eigenvalue weighted by molar-refractivity contribution is 6.35. The fraction of sp³-hybridized carbons (Fsp3) is 0.333. The zero-order valence-electron chi connectivity index (χ0n) is 19.6. The summed E-state index contributed by atoms with van der Waals surface area (Å²) in [6, 6.07) is 4.31. The molecule has 3 atom stereocenters. The Hall–Kier alpha value is -3.22. The Morgan fingerprint density at radius 2 is 1.43 bits per heavy atom. The molecule has 3 rings (SSSR count). The molecule has 2 aromatic rings. The number of aliphatic hydroxyl groups is 2. The van der Waals surface area contributed by atoms with E-state index < -0.39 is 55.0 Å². The van der Waals surface area contributed by atoms with Crippen LogP contribution in [0.2, 0.25) is 10.0 Å². The van der Waals surface area contributed by atoms with Crippen molar-refractivity contribution in [3.05, 3.63) is 68.2 Å². The van der Waals surface area contributed by atoms with Gasteiger partial charge in [-0.15, -0.1) is 0 Å². The van der Waals surface area contributed by atoms with Crippen molar-refractivity contribution >= 4 is 47.0 Å². The van der Waals surface area contributed by atoms with Crippen LogP contribution in [0.5, 0.6) is 0 Å².